The maximum Gasteiger partial charge on any atom is 0.234 e. The van der Waals surface area contributed by atoms with E-state index in [1.807, 2.05) is 0 Å². The molecule has 3 nitrogen and oxygen atoms in total. The van der Waals surface area contributed by atoms with Gasteiger partial charge in [0, 0.05) is 6.54 Å². The molecule has 0 rings (SSSR count). The number of thiocarbonyl (C=S) groups is 1. The van der Waals surface area contributed by atoms with Crippen molar-refractivity contribution in [2.24, 2.45) is 9.98 Å². The third-order valence-corrected chi connectivity index (χ3v) is 1.55. The lowest BCUT2D eigenvalue weighted by molar-refractivity contribution is 0.561. The summed E-state index contributed by atoms with van der Waals surface area (Å²) in [6.07, 6.45) is 5.69. The number of nitrogens with zero attached hydrogens (tertiary/aromatic N) is 2. The van der Waals surface area contributed by atoms with Gasteiger partial charge in [-0.1, -0.05) is 12.8 Å². The zero-order chi connectivity index (χ0) is 9.07. The van der Waals surface area contributed by atoms with Gasteiger partial charge in [0.05, 0.1) is 11.7 Å². The lowest BCUT2D eigenvalue weighted by Gasteiger charge is -1.94. The number of isothiocyanates is 1. The summed E-state index contributed by atoms with van der Waals surface area (Å²) in [5, 5.41) is 2.32. The summed E-state index contributed by atoms with van der Waals surface area (Å²) < 4.78 is 0. The van der Waals surface area contributed by atoms with Crippen molar-refractivity contribution >= 4 is 23.5 Å². The highest BCUT2D eigenvalue weighted by Gasteiger charge is 1.87. The third-order valence-electron chi connectivity index (χ3n) is 1.42. The number of carbonyl (C=O) groups excluding carboxylic acids is 1. The Bertz CT molecular complexity index is 171. The molecule has 0 radical (unpaired) electrons. The normalized spacial score (nSPS) is 8.33. The van der Waals surface area contributed by atoms with Crippen LogP contribution in [0.1, 0.15) is 25.7 Å². The van der Waals surface area contributed by atoms with E-state index in [9.17, 15) is 4.79 Å². The molecule has 4 heteroatoms. The van der Waals surface area contributed by atoms with E-state index < -0.39 is 0 Å². The molecular weight excluding hydrogens is 172 g/mol. The summed E-state index contributed by atoms with van der Waals surface area (Å²) >= 11 is 4.41. The highest BCUT2D eigenvalue weighted by atomic mass is 32.1. The van der Waals surface area contributed by atoms with Crippen LogP contribution in [0, 0.1) is 0 Å². The van der Waals surface area contributed by atoms with Gasteiger partial charge in [-0.15, -0.1) is 0 Å². The van der Waals surface area contributed by atoms with Gasteiger partial charge in [-0.25, -0.2) is 14.8 Å². The van der Waals surface area contributed by atoms with Crippen LogP contribution in [0.2, 0.25) is 0 Å². The molecule has 0 aromatic heterocycles. The van der Waals surface area contributed by atoms with Crippen LogP contribution in [0.5, 0.6) is 0 Å². The minimum absolute atomic E-state index is 0.597. The van der Waals surface area contributed by atoms with Crippen LogP contribution in [0.3, 0.4) is 0 Å². The molecule has 0 aliphatic rings. The number of hydrogen-bond donors (Lipinski definition) is 0. The second-order valence-corrected chi connectivity index (χ2v) is 2.54. The van der Waals surface area contributed by atoms with Crippen LogP contribution in [-0.4, -0.2) is 24.3 Å². The summed E-state index contributed by atoms with van der Waals surface area (Å²) in [5.41, 5.74) is 0. The number of rotatable bonds is 7. The van der Waals surface area contributed by atoms with Crippen molar-refractivity contribution in [3.63, 3.8) is 0 Å². The lowest BCUT2D eigenvalue weighted by Crippen LogP contribution is -1.84. The molecule has 0 bridgehead atoms. The number of unbranched alkanes of at least 4 members (excludes halogenated alkanes) is 3. The van der Waals surface area contributed by atoms with Gasteiger partial charge >= 0.3 is 0 Å². The summed E-state index contributed by atoms with van der Waals surface area (Å²) in [6, 6.07) is 0. The maximum absolute atomic E-state index is 9.65. The van der Waals surface area contributed by atoms with Crippen LogP contribution >= 0.6 is 12.2 Å². The van der Waals surface area contributed by atoms with Crippen LogP contribution < -0.4 is 0 Å². The first-order valence-electron chi connectivity index (χ1n) is 3.99. The fraction of sp³-hybridized carbons (Fsp3) is 0.750. The summed E-state index contributed by atoms with van der Waals surface area (Å²) in [7, 11) is 0. The van der Waals surface area contributed by atoms with Gasteiger partial charge in [0.25, 0.3) is 0 Å². The Kier molecular flexibility index (Phi) is 9.48. The van der Waals surface area contributed by atoms with E-state index in [2.05, 4.69) is 27.4 Å². The Morgan fingerprint density at radius 1 is 1.00 bits per heavy atom. The van der Waals surface area contributed by atoms with Crippen LogP contribution in [0.25, 0.3) is 0 Å². The molecule has 66 valence electrons. The first kappa shape index (κ1) is 11.2. The van der Waals surface area contributed by atoms with Gasteiger partial charge in [0.1, 0.15) is 0 Å². The maximum atomic E-state index is 9.65. The van der Waals surface area contributed by atoms with E-state index in [0.717, 1.165) is 32.2 Å². The molecule has 0 aliphatic heterocycles. The number of hydrogen-bond acceptors (Lipinski definition) is 4. The topological polar surface area (TPSA) is 41.8 Å². The standard InChI is InChI=1S/C8H12N2OS/c11-7-9-5-3-1-2-4-6-10-8-12/h1-6H2. The van der Waals surface area contributed by atoms with Crippen molar-refractivity contribution in [1.29, 1.82) is 0 Å². The second kappa shape index (κ2) is 10.2. The molecule has 0 N–H and O–H groups in total. The molecule has 0 aromatic carbocycles. The minimum Gasteiger partial charge on any atom is -0.233 e. The Morgan fingerprint density at radius 3 is 2.08 bits per heavy atom. The van der Waals surface area contributed by atoms with Crippen molar-refractivity contribution in [3.05, 3.63) is 0 Å². The summed E-state index contributed by atoms with van der Waals surface area (Å²) in [6.45, 7) is 1.36. The average Bonchev–Trinajstić information content (AvgIpc) is 2.10. The van der Waals surface area contributed by atoms with E-state index in [1.165, 1.54) is 6.08 Å². The van der Waals surface area contributed by atoms with Gasteiger partial charge in [-0.05, 0) is 25.1 Å². The monoisotopic (exact) mass is 184 g/mol. The van der Waals surface area contributed by atoms with E-state index >= 15 is 0 Å². The van der Waals surface area contributed by atoms with Crippen LogP contribution in [-0.2, 0) is 4.79 Å². The van der Waals surface area contributed by atoms with Gasteiger partial charge < -0.3 is 0 Å². The largest absolute Gasteiger partial charge is 0.234 e. The zero-order valence-corrected chi connectivity index (χ0v) is 7.77. The SMILES string of the molecule is O=C=NCCCCCCN=C=S. The van der Waals surface area contributed by atoms with E-state index in [-0.39, 0.29) is 0 Å². The van der Waals surface area contributed by atoms with Gasteiger partial charge in [-0.2, -0.15) is 0 Å². The molecule has 0 fully saturated rings. The molecule has 0 aliphatic carbocycles. The summed E-state index contributed by atoms with van der Waals surface area (Å²) in [4.78, 5) is 16.9. The van der Waals surface area contributed by atoms with E-state index in [4.69, 9.17) is 0 Å². The minimum atomic E-state index is 0.597. The molecule has 12 heavy (non-hydrogen) atoms. The van der Waals surface area contributed by atoms with Crippen LogP contribution in [0.15, 0.2) is 9.98 Å². The highest BCUT2D eigenvalue weighted by molar-refractivity contribution is 7.78. The Labute approximate surface area is 77.6 Å². The molecular formula is C8H12N2OS. The highest BCUT2D eigenvalue weighted by Crippen LogP contribution is 1.99. The molecule has 0 heterocycles. The van der Waals surface area contributed by atoms with Crippen molar-refractivity contribution in [1.82, 2.24) is 0 Å². The molecule has 0 amide bonds. The number of isocyanates is 1. The Hall–Kier alpha value is -0.820. The number of aliphatic imine (C=N–C) groups is 2. The molecule has 0 spiro atoms. The van der Waals surface area contributed by atoms with E-state index in [1.54, 1.807) is 0 Å². The van der Waals surface area contributed by atoms with Gasteiger partial charge in [-0.3, -0.25) is 0 Å². The molecule has 0 unspecified atom stereocenters. The van der Waals surface area contributed by atoms with Crippen molar-refractivity contribution in [2.75, 3.05) is 13.1 Å². The molecule has 0 atom stereocenters. The third kappa shape index (κ3) is 9.18. The smallest absolute Gasteiger partial charge is 0.233 e. The fourth-order valence-corrected chi connectivity index (χ4v) is 0.918. The molecule has 0 saturated heterocycles. The first-order chi connectivity index (χ1) is 5.91. The van der Waals surface area contributed by atoms with Crippen LogP contribution in [0.4, 0.5) is 0 Å². The van der Waals surface area contributed by atoms with E-state index in [0.29, 0.717) is 6.54 Å². The Balaban J connectivity index is 3.00. The zero-order valence-electron chi connectivity index (χ0n) is 6.95. The van der Waals surface area contributed by atoms with Crippen molar-refractivity contribution in [2.45, 2.75) is 25.7 Å². The molecule has 0 aromatic rings. The fourth-order valence-electron chi connectivity index (χ4n) is 0.827. The van der Waals surface area contributed by atoms with Crippen molar-refractivity contribution < 1.29 is 4.79 Å². The average molecular weight is 184 g/mol. The lowest BCUT2D eigenvalue weighted by atomic mass is 10.2. The quantitative estimate of drug-likeness (QED) is 0.263. The second-order valence-electron chi connectivity index (χ2n) is 2.36. The van der Waals surface area contributed by atoms with Crippen molar-refractivity contribution in [3.8, 4) is 0 Å². The predicted molar refractivity (Wildman–Crippen MR) is 51.3 cm³/mol. The Morgan fingerprint density at radius 2 is 1.58 bits per heavy atom. The van der Waals surface area contributed by atoms with Gasteiger partial charge in [0.2, 0.25) is 6.08 Å². The predicted octanol–water partition coefficient (Wildman–Crippen LogP) is 1.99. The summed E-state index contributed by atoms with van der Waals surface area (Å²) in [5.74, 6) is 0. The van der Waals surface area contributed by atoms with Gasteiger partial charge in [0.15, 0.2) is 0 Å². The molecule has 0 saturated carbocycles. The first-order valence-corrected chi connectivity index (χ1v) is 4.40.